The van der Waals surface area contributed by atoms with Crippen molar-refractivity contribution in [1.82, 2.24) is 0 Å². The minimum atomic E-state index is -0.00206. The molecule has 0 rings (SSSR count). The Kier molecular flexibility index (Phi) is 3.79. The Hall–Kier alpha value is 1.72. The fourth-order valence-corrected chi connectivity index (χ4v) is 0. The Morgan fingerprint density at radius 1 is 2.20 bits per heavy atom. The van der Waals surface area contributed by atoms with Crippen molar-refractivity contribution in [2.45, 2.75) is 0 Å². The summed E-state index contributed by atoms with van der Waals surface area (Å²) in [6.07, 6.45) is 0. The highest BCUT2D eigenvalue weighted by Gasteiger charge is 1.78. The second-order valence-electron chi connectivity index (χ2n) is 0.599. The molecule has 32 valence electrons. The summed E-state index contributed by atoms with van der Waals surface area (Å²) in [5.41, 5.74) is 0. The predicted molar refractivity (Wildman–Crippen MR) is 40.6 cm³/mol. The molecule has 0 amide bonds. The molecule has 0 heterocycles. The van der Waals surface area contributed by atoms with Crippen LogP contribution in [-0.4, -0.2) is 6.64 Å². The fraction of sp³-hybridized carbons (Fsp3) is 1.00. The summed E-state index contributed by atoms with van der Waals surface area (Å²) >= 11 is 0. The molecule has 0 aliphatic heterocycles. The summed E-state index contributed by atoms with van der Waals surface area (Å²) in [5.74, 6) is 0. The molecule has 0 fully saturated rings. The first-order valence-electron chi connectivity index (χ1n) is 1.79. The minimum Gasteiger partial charge on any atom is -0.110 e. The van der Waals surface area contributed by atoms with Crippen molar-refractivity contribution in [3.05, 3.63) is 0 Å². The van der Waals surface area contributed by atoms with Crippen molar-refractivity contribution < 1.29 is 1.37 Å². The lowest BCUT2D eigenvalue weighted by Crippen LogP contribution is -1.22. The number of rotatable bonds is 1. The van der Waals surface area contributed by atoms with E-state index in [9.17, 15) is 0 Å². The van der Waals surface area contributed by atoms with Gasteiger partial charge < -0.3 is 0 Å². The van der Waals surface area contributed by atoms with E-state index in [1.54, 1.807) is 0 Å². The summed E-state index contributed by atoms with van der Waals surface area (Å²) in [6.45, 7) is 0.599. The molecular weight excluding hydrogens is 136 g/mol. The monoisotopic (exact) mass is 145 g/mol. The van der Waals surface area contributed by atoms with E-state index in [4.69, 9.17) is 1.37 Å². The first kappa shape index (κ1) is 4.87. The van der Waals surface area contributed by atoms with Crippen LogP contribution in [0.4, 0.5) is 0 Å². The zero-order valence-corrected chi connectivity index (χ0v) is 7.01. The Morgan fingerprint density at radius 2 is 2.80 bits per heavy atom. The summed E-state index contributed by atoms with van der Waals surface area (Å²) in [5, 5.41) is 0. The summed E-state index contributed by atoms with van der Waals surface area (Å²) in [4.78, 5) is 0. The van der Waals surface area contributed by atoms with Crippen molar-refractivity contribution >= 4 is 33.1 Å². The largest absolute Gasteiger partial charge is 0.110 e. The highest BCUT2D eigenvalue weighted by Crippen LogP contribution is 2.62. The zero-order valence-electron chi connectivity index (χ0n) is 3.81. The normalized spacial score (nSPS) is 20.0. The van der Waals surface area contributed by atoms with Gasteiger partial charge in [-0.25, -0.2) is 0 Å². The summed E-state index contributed by atoms with van der Waals surface area (Å²) in [6, 6.07) is 0. The molecule has 5 heavy (non-hydrogen) atoms. The third kappa shape index (κ3) is 5.72. The van der Waals surface area contributed by atoms with Gasteiger partial charge in [-0.05, 0) is 6.64 Å². The molecule has 0 aliphatic rings. The maximum atomic E-state index is 6.81. The standard InChI is InChI=1S/CH8P4/c1-5(3)4-2/h4H,2-3H2,1H3/i1D. The second kappa shape index (κ2) is 3.89. The molecule has 4 heteroatoms. The van der Waals surface area contributed by atoms with Crippen LogP contribution in [0.1, 0.15) is 1.37 Å². The third-order valence-corrected chi connectivity index (χ3v) is 8.50. The highest BCUT2D eigenvalue weighted by molar-refractivity contribution is 8.60. The average Bonchev–Trinajstić information content (AvgIpc) is 1.65. The van der Waals surface area contributed by atoms with Gasteiger partial charge in [0.1, 0.15) is 0 Å². The van der Waals surface area contributed by atoms with Crippen LogP contribution in [0.2, 0.25) is 0 Å². The lowest BCUT2D eigenvalue weighted by Gasteiger charge is -1.92. The Morgan fingerprint density at radius 3 is 2.80 bits per heavy atom. The molecule has 4 atom stereocenters. The van der Waals surface area contributed by atoms with E-state index in [2.05, 4.69) is 17.9 Å². The summed E-state index contributed by atoms with van der Waals surface area (Å²) in [7, 11) is 6.22. The smallest absolute Gasteiger partial charge is 0.0286 e. The Labute approximate surface area is 41.9 Å². The van der Waals surface area contributed by atoms with Crippen molar-refractivity contribution in [2.75, 3.05) is 6.64 Å². The lowest BCUT2D eigenvalue weighted by molar-refractivity contribution is 2.50. The van der Waals surface area contributed by atoms with Gasteiger partial charge in [-0.3, -0.25) is 0 Å². The van der Waals surface area contributed by atoms with Crippen molar-refractivity contribution in [3.63, 3.8) is 0 Å². The van der Waals surface area contributed by atoms with E-state index in [0.29, 0.717) is 6.64 Å². The number of hydrogen-bond donors (Lipinski definition) is 0. The fourth-order valence-electron chi connectivity index (χ4n) is 0. The van der Waals surface area contributed by atoms with Gasteiger partial charge in [0, 0.05) is 1.37 Å². The van der Waals surface area contributed by atoms with Crippen LogP contribution in [-0.2, 0) is 0 Å². The molecule has 0 N–H and O–H groups in total. The van der Waals surface area contributed by atoms with Crippen molar-refractivity contribution in [1.29, 1.82) is 0 Å². The average molecular weight is 145 g/mol. The van der Waals surface area contributed by atoms with Crippen LogP contribution in [0.5, 0.6) is 0 Å². The van der Waals surface area contributed by atoms with E-state index in [1.165, 1.54) is 0 Å². The van der Waals surface area contributed by atoms with Gasteiger partial charge in [0.2, 0.25) is 0 Å². The molecule has 0 aliphatic carbocycles. The lowest BCUT2D eigenvalue weighted by atomic mass is 12.0. The number of hydrogen-bond acceptors (Lipinski definition) is 0. The van der Waals surface area contributed by atoms with Gasteiger partial charge in [0.05, 0.1) is 0 Å². The summed E-state index contributed by atoms with van der Waals surface area (Å²) < 4.78 is 6.81. The van der Waals surface area contributed by atoms with E-state index >= 15 is 0 Å². The van der Waals surface area contributed by atoms with Gasteiger partial charge >= 0.3 is 0 Å². The third-order valence-electron chi connectivity index (χ3n) is 0.166. The molecule has 0 aromatic rings. The maximum absolute atomic E-state index is 6.81. The van der Waals surface area contributed by atoms with Crippen molar-refractivity contribution in [2.24, 2.45) is 0 Å². The molecule has 0 aromatic carbocycles. The van der Waals surface area contributed by atoms with Crippen LogP contribution in [0.25, 0.3) is 0 Å². The molecule has 4 unspecified atom stereocenters. The second-order valence-corrected chi connectivity index (χ2v) is 10.0. The van der Waals surface area contributed by atoms with E-state index in [0.717, 1.165) is 7.96 Å². The Balaban J connectivity index is 2.75. The molecule has 0 spiro atoms. The zero-order chi connectivity index (χ0) is 4.99. The molecule has 0 saturated carbocycles. The highest BCUT2D eigenvalue weighted by atomic mass is 32.6. The maximum Gasteiger partial charge on any atom is 0.0286 e. The van der Waals surface area contributed by atoms with Gasteiger partial charge in [-0.1, -0.05) is 15.3 Å². The molecule has 0 aromatic heterocycles. The molecule has 0 bridgehead atoms. The van der Waals surface area contributed by atoms with Crippen LogP contribution < -0.4 is 0 Å². The van der Waals surface area contributed by atoms with E-state index in [1.807, 2.05) is 0 Å². The van der Waals surface area contributed by atoms with Crippen LogP contribution in [0.15, 0.2) is 0 Å². The molecule has 0 nitrogen and oxygen atoms in total. The first-order chi connectivity index (χ1) is 2.81. The molecular formula is CH8P4. The SMILES string of the molecule is [2H]CP(P)PP. The van der Waals surface area contributed by atoms with Gasteiger partial charge in [-0.2, -0.15) is 0 Å². The Bertz CT molecular complexity index is 26.7. The van der Waals surface area contributed by atoms with E-state index in [-0.39, 0.29) is 7.30 Å². The minimum absolute atomic E-state index is 0.00206. The topological polar surface area (TPSA) is 0 Å². The molecule has 0 radical (unpaired) electrons. The van der Waals surface area contributed by atoms with Gasteiger partial charge in [-0.15, -0.1) is 17.9 Å². The quantitative estimate of drug-likeness (QED) is 0.496. The van der Waals surface area contributed by atoms with Crippen LogP contribution in [0.3, 0.4) is 0 Å². The van der Waals surface area contributed by atoms with Crippen LogP contribution in [0, 0.1) is 0 Å². The first-order valence-corrected chi connectivity index (χ1v) is 7.88. The van der Waals surface area contributed by atoms with E-state index < -0.39 is 0 Å². The van der Waals surface area contributed by atoms with Crippen LogP contribution >= 0.6 is 33.1 Å². The van der Waals surface area contributed by atoms with Gasteiger partial charge in [0.15, 0.2) is 0 Å². The van der Waals surface area contributed by atoms with Crippen molar-refractivity contribution in [3.8, 4) is 0 Å². The van der Waals surface area contributed by atoms with Gasteiger partial charge in [0.25, 0.3) is 0 Å². The molecule has 0 saturated heterocycles. The predicted octanol–water partition coefficient (Wildman–Crippen LogP) is 2.27.